The largest absolute Gasteiger partial charge is 0.461 e. The summed E-state index contributed by atoms with van der Waals surface area (Å²) in [7, 11) is 3.40. The summed E-state index contributed by atoms with van der Waals surface area (Å²) in [6, 6.07) is -0.609. The number of methoxy groups -OCH3 is 1. The Bertz CT molecular complexity index is 1270. The van der Waals surface area contributed by atoms with Crippen molar-refractivity contribution in [2.24, 2.45) is 0 Å². The molecule has 0 radical (unpaired) electrons. The van der Waals surface area contributed by atoms with Crippen molar-refractivity contribution in [1.82, 2.24) is 24.8 Å². The minimum atomic E-state index is -0.904. The van der Waals surface area contributed by atoms with Gasteiger partial charge in [-0.2, -0.15) is 9.97 Å². The van der Waals surface area contributed by atoms with Gasteiger partial charge in [-0.15, -0.1) is 0 Å². The standard InChI is InChI=1S/C27H37ClF2N6O4/c1-26(2,3)40-25(37)36-10-7-18(19(36)14-38-5)34(4)23-17-12-31-22(28)20(30)21(17)32-24(33-23)39-15-27-8-6-9-35(27)13-16(29)11-27/h12,16,18-19H,6-11,13-15H2,1-5H3/t16-,18-,19-,27+/m1/s1. The number of amides is 1. The highest BCUT2D eigenvalue weighted by molar-refractivity contribution is 6.30. The van der Waals surface area contributed by atoms with Crippen LogP contribution < -0.4 is 9.64 Å². The Hall–Kier alpha value is -2.57. The van der Waals surface area contributed by atoms with Gasteiger partial charge in [0.05, 0.1) is 29.6 Å². The molecular formula is C27H37ClF2N6O4. The molecule has 10 nitrogen and oxygen atoms in total. The number of ether oxygens (including phenoxy) is 3. The number of hydrogen-bond donors (Lipinski definition) is 0. The monoisotopic (exact) mass is 582 g/mol. The van der Waals surface area contributed by atoms with Crippen LogP contribution in [0.5, 0.6) is 6.01 Å². The summed E-state index contributed by atoms with van der Waals surface area (Å²) < 4.78 is 46.7. The first kappa shape index (κ1) is 28.9. The van der Waals surface area contributed by atoms with Crippen LogP contribution in [0.3, 0.4) is 0 Å². The number of fused-ring (bicyclic) bond motifs is 2. The molecule has 3 aliphatic rings. The topological polar surface area (TPSA) is 93.2 Å². The maximum Gasteiger partial charge on any atom is 0.410 e. The van der Waals surface area contributed by atoms with Crippen LogP contribution in [-0.4, -0.2) is 107 Å². The first-order valence-electron chi connectivity index (χ1n) is 13.7. The van der Waals surface area contributed by atoms with E-state index in [1.807, 2.05) is 32.7 Å². The summed E-state index contributed by atoms with van der Waals surface area (Å²) in [5.74, 6) is -0.391. The van der Waals surface area contributed by atoms with E-state index >= 15 is 4.39 Å². The molecule has 40 heavy (non-hydrogen) atoms. The first-order chi connectivity index (χ1) is 18.9. The number of halogens is 3. The van der Waals surface area contributed by atoms with Gasteiger partial charge < -0.3 is 24.0 Å². The van der Waals surface area contributed by atoms with Gasteiger partial charge in [-0.1, -0.05) is 11.6 Å². The molecule has 2 aromatic heterocycles. The molecule has 3 saturated heterocycles. The van der Waals surface area contributed by atoms with E-state index in [-0.39, 0.29) is 42.0 Å². The highest BCUT2D eigenvalue weighted by atomic mass is 35.5. The first-order valence-corrected chi connectivity index (χ1v) is 14.1. The number of alkyl halides is 1. The number of likely N-dealkylation sites (tertiary alicyclic amines) is 1. The SMILES string of the molecule is COC[C@@H]1[C@H](N(C)c2nc(OC[C@@]34CCCN3C[C@H](F)C4)nc3c(F)c(Cl)ncc23)CCN1C(=O)OC(C)(C)C. The lowest BCUT2D eigenvalue weighted by Gasteiger charge is -2.34. The van der Waals surface area contributed by atoms with E-state index in [0.717, 1.165) is 19.4 Å². The van der Waals surface area contributed by atoms with Crippen molar-refractivity contribution < 1.29 is 27.8 Å². The van der Waals surface area contributed by atoms with Crippen LogP contribution in [0.1, 0.15) is 46.5 Å². The second-order valence-electron chi connectivity index (χ2n) is 12.0. The van der Waals surface area contributed by atoms with Gasteiger partial charge in [0, 0.05) is 39.9 Å². The molecular weight excluding hydrogens is 546 g/mol. The summed E-state index contributed by atoms with van der Waals surface area (Å²) >= 11 is 6.01. The Kier molecular flexibility index (Phi) is 7.97. The minimum absolute atomic E-state index is 0.0206. The van der Waals surface area contributed by atoms with Gasteiger partial charge in [-0.05, 0) is 46.6 Å². The number of carbonyl (C=O) groups excluding carboxylic acids is 1. The van der Waals surface area contributed by atoms with Gasteiger partial charge in [-0.3, -0.25) is 4.90 Å². The van der Waals surface area contributed by atoms with Crippen molar-refractivity contribution in [3.8, 4) is 6.01 Å². The second-order valence-corrected chi connectivity index (χ2v) is 12.3. The molecule has 0 saturated carbocycles. The zero-order valence-corrected chi connectivity index (χ0v) is 24.4. The van der Waals surface area contributed by atoms with Gasteiger partial charge in [0.15, 0.2) is 11.0 Å². The number of nitrogens with zero attached hydrogens (tertiary/aromatic N) is 6. The van der Waals surface area contributed by atoms with Crippen molar-refractivity contribution in [2.75, 3.05) is 51.9 Å². The molecule has 1 amide bonds. The third kappa shape index (κ3) is 5.49. The van der Waals surface area contributed by atoms with Crippen LogP contribution in [0.2, 0.25) is 5.15 Å². The van der Waals surface area contributed by atoms with Gasteiger partial charge in [0.2, 0.25) is 0 Å². The molecule has 3 fully saturated rings. The van der Waals surface area contributed by atoms with E-state index in [4.69, 9.17) is 25.8 Å². The zero-order valence-electron chi connectivity index (χ0n) is 23.6. The number of anilines is 1. The van der Waals surface area contributed by atoms with E-state index in [2.05, 4.69) is 19.9 Å². The summed E-state index contributed by atoms with van der Waals surface area (Å²) in [4.78, 5) is 31.7. The maximum absolute atomic E-state index is 15.2. The normalized spacial score (nSPS) is 26.9. The molecule has 2 aromatic rings. The van der Waals surface area contributed by atoms with Crippen LogP contribution in [0.4, 0.5) is 19.4 Å². The van der Waals surface area contributed by atoms with Crippen molar-refractivity contribution in [2.45, 2.75) is 75.8 Å². The molecule has 5 heterocycles. The van der Waals surface area contributed by atoms with Gasteiger partial charge in [-0.25, -0.2) is 18.6 Å². The molecule has 4 atom stereocenters. The van der Waals surface area contributed by atoms with Crippen LogP contribution in [0.25, 0.3) is 10.9 Å². The Labute approximate surface area is 237 Å². The average molecular weight is 583 g/mol. The highest BCUT2D eigenvalue weighted by Crippen LogP contribution is 2.41. The van der Waals surface area contributed by atoms with Crippen LogP contribution in [0, 0.1) is 5.82 Å². The summed E-state index contributed by atoms with van der Waals surface area (Å²) in [6.07, 6.45) is 2.88. The summed E-state index contributed by atoms with van der Waals surface area (Å²) in [5.41, 5.74) is -1.08. The average Bonchev–Trinajstić information content (AvgIpc) is 3.56. The lowest BCUT2D eigenvalue weighted by Crippen LogP contribution is -2.49. The molecule has 0 aliphatic carbocycles. The molecule has 3 aliphatic heterocycles. The molecule has 0 bridgehead atoms. The lowest BCUT2D eigenvalue weighted by molar-refractivity contribution is 0.0136. The Morgan fingerprint density at radius 3 is 2.80 bits per heavy atom. The third-order valence-corrected chi connectivity index (χ3v) is 8.40. The molecule has 0 unspecified atom stereocenters. The molecule has 0 aromatic carbocycles. The predicted molar refractivity (Wildman–Crippen MR) is 146 cm³/mol. The number of likely N-dealkylation sites (N-methyl/N-ethyl adjacent to an activating group) is 1. The van der Waals surface area contributed by atoms with Gasteiger partial charge >= 0.3 is 12.1 Å². The molecule has 220 valence electrons. The number of rotatable bonds is 7. The maximum atomic E-state index is 15.2. The van der Waals surface area contributed by atoms with Crippen molar-refractivity contribution in [3.63, 3.8) is 0 Å². The number of carbonyl (C=O) groups is 1. The Balaban J connectivity index is 1.47. The summed E-state index contributed by atoms with van der Waals surface area (Å²) in [6.45, 7) is 7.59. The van der Waals surface area contributed by atoms with Gasteiger partial charge in [0.25, 0.3) is 0 Å². The fraction of sp³-hybridized carbons (Fsp3) is 0.704. The summed E-state index contributed by atoms with van der Waals surface area (Å²) in [5, 5.41) is 0.0468. The predicted octanol–water partition coefficient (Wildman–Crippen LogP) is 4.23. The number of pyridine rings is 1. The van der Waals surface area contributed by atoms with Crippen LogP contribution in [-0.2, 0) is 9.47 Å². The van der Waals surface area contributed by atoms with E-state index in [1.54, 1.807) is 12.0 Å². The van der Waals surface area contributed by atoms with Crippen molar-refractivity contribution >= 4 is 34.4 Å². The number of aromatic nitrogens is 3. The fourth-order valence-corrected chi connectivity index (χ4v) is 6.48. The Morgan fingerprint density at radius 1 is 1.30 bits per heavy atom. The third-order valence-electron chi connectivity index (χ3n) is 8.14. The highest BCUT2D eigenvalue weighted by Gasteiger charge is 2.49. The number of hydrogen-bond acceptors (Lipinski definition) is 9. The van der Waals surface area contributed by atoms with Crippen molar-refractivity contribution in [3.05, 3.63) is 17.2 Å². The van der Waals surface area contributed by atoms with Gasteiger partial charge in [0.1, 0.15) is 29.7 Å². The molecule has 13 heteroatoms. The minimum Gasteiger partial charge on any atom is -0.461 e. The zero-order chi connectivity index (χ0) is 28.8. The van der Waals surface area contributed by atoms with Crippen LogP contribution in [0.15, 0.2) is 6.20 Å². The van der Waals surface area contributed by atoms with Crippen molar-refractivity contribution in [1.29, 1.82) is 0 Å². The second kappa shape index (κ2) is 11.0. The van der Waals surface area contributed by atoms with E-state index < -0.39 is 29.2 Å². The fourth-order valence-electron chi connectivity index (χ4n) is 6.35. The smallest absolute Gasteiger partial charge is 0.410 e. The Morgan fingerprint density at radius 2 is 2.08 bits per heavy atom. The molecule has 0 N–H and O–H groups in total. The van der Waals surface area contributed by atoms with E-state index in [1.165, 1.54) is 6.20 Å². The van der Waals surface area contributed by atoms with Crippen LogP contribution >= 0.6 is 11.6 Å². The van der Waals surface area contributed by atoms with E-state index in [9.17, 15) is 9.18 Å². The molecule has 5 rings (SSSR count). The molecule has 0 spiro atoms. The lowest BCUT2D eigenvalue weighted by atomic mass is 9.95. The van der Waals surface area contributed by atoms with E-state index in [0.29, 0.717) is 37.1 Å². The quantitative estimate of drug-likeness (QED) is 0.445.